The van der Waals surface area contributed by atoms with E-state index in [1.165, 1.54) is 11.1 Å². The van der Waals surface area contributed by atoms with Gasteiger partial charge >= 0.3 is 0 Å². The molecule has 0 aromatic heterocycles. The normalized spacial score (nSPS) is 21.9. The van der Waals surface area contributed by atoms with Gasteiger partial charge in [-0.05, 0) is 41.7 Å². The lowest BCUT2D eigenvalue weighted by Gasteiger charge is -2.28. The summed E-state index contributed by atoms with van der Waals surface area (Å²) in [6.07, 6.45) is -0.483. The Morgan fingerprint density at radius 2 is 1.13 bits per heavy atom. The van der Waals surface area contributed by atoms with Gasteiger partial charge in [0.15, 0.2) is 5.75 Å². The maximum absolute atomic E-state index is 6.75. The zero-order valence-corrected chi connectivity index (χ0v) is 22.5. The second kappa shape index (κ2) is 11.7. The summed E-state index contributed by atoms with van der Waals surface area (Å²) in [7, 11) is 0. The van der Waals surface area contributed by atoms with Crippen LogP contribution in [0.3, 0.4) is 0 Å². The number of rotatable bonds is 10. The molecule has 0 aliphatic carbocycles. The van der Waals surface area contributed by atoms with Gasteiger partial charge in [0, 0.05) is 5.56 Å². The van der Waals surface area contributed by atoms with Crippen molar-refractivity contribution >= 4 is 0 Å². The number of hydrogen-bond donors (Lipinski definition) is 0. The van der Waals surface area contributed by atoms with Gasteiger partial charge in [0.05, 0.1) is 32.5 Å². The summed E-state index contributed by atoms with van der Waals surface area (Å²) >= 11 is 0. The monoisotopic (exact) mass is 521 g/mol. The van der Waals surface area contributed by atoms with Gasteiger partial charge in [0.1, 0.15) is 18.2 Å². The highest BCUT2D eigenvalue weighted by molar-refractivity contribution is 5.51. The van der Waals surface area contributed by atoms with E-state index in [1.807, 2.05) is 54.6 Å². The zero-order chi connectivity index (χ0) is 26.6. The maximum Gasteiger partial charge on any atom is 0.155 e. The first-order valence-electron chi connectivity index (χ1n) is 13.7. The Morgan fingerprint density at radius 1 is 0.615 bits per heavy atom. The molecular formula is C34H35NO4. The highest BCUT2D eigenvalue weighted by Gasteiger charge is 2.57. The quantitative estimate of drug-likeness (QED) is 0.232. The highest BCUT2D eigenvalue weighted by atomic mass is 16.7. The molecule has 6 rings (SSSR count). The number of benzene rings is 4. The van der Waals surface area contributed by atoms with Gasteiger partial charge in [0.25, 0.3) is 0 Å². The number of nitrogens with zero attached hydrogens (tertiary/aromatic N) is 1. The third-order valence-electron chi connectivity index (χ3n) is 7.69. The zero-order valence-electron chi connectivity index (χ0n) is 22.5. The number of aryl methyl sites for hydroxylation is 2. The van der Waals surface area contributed by atoms with Gasteiger partial charge in [-0.15, -0.1) is 5.06 Å². The first kappa shape index (κ1) is 25.8. The first-order valence-corrected chi connectivity index (χ1v) is 13.7. The molecule has 0 saturated carbocycles. The fourth-order valence-electron chi connectivity index (χ4n) is 5.68. The van der Waals surface area contributed by atoms with E-state index in [-0.39, 0.29) is 24.3 Å². The molecule has 5 nitrogen and oxygen atoms in total. The number of hydroxylamine groups is 2. The molecule has 2 heterocycles. The lowest BCUT2D eigenvalue weighted by molar-refractivity contribution is -0.125. The summed E-state index contributed by atoms with van der Waals surface area (Å²) in [5, 5.41) is 2.08. The molecule has 0 bridgehead atoms. The number of fused-ring (bicyclic) bond motifs is 3. The predicted octanol–water partition coefficient (Wildman–Crippen LogP) is 6.72. The van der Waals surface area contributed by atoms with Crippen LogP contribution in [0.4, 0.5) is 0 Å². The number of hydrogen-bond acceptors (Lipinski definition) is 5. The Kier molecular flexibility index (Phi) is 7.75. The third-order valence-corrected chi connectivity index (χ3v) is 7.69. The standard InChI is InChI=1S/C34H35NO4/c1-24-18-19-25(2)32-30(24)31-34(38-22-28-16-10-5-11-17-28)33(37-21-27-14-8-4-9-15-27)29(35(31)39-32)23-36-20-26-12-6-3-7-13-26/h3-19,29,31,33-34H,20-23H2,1-2H3/t29-,31-,33+,34-/m0/s1. The second-order valence-corrected chi connectivity index (χ2v) is 10.4. The molecule has 2 aliphatic heterocycles. The Labute approximate surface area is 230 Å². The van der Waals surface area contributed by atoms with Crippen LogP contribution in [-0.2, 0) is 34.0 Å². The molecule has 200 valence electrons. The topological polar surface area (TPSA) is 40.2 Å². The maximum atomic E-state index is 6.75. The van der Waals surface area contributed by atoms with Crippen LogP contribution in [0.15, 0.2) is 103 Å². The molecule has 2 aliphatic rings. The van der Waals surface area contributed by atoms with E-state index in [0.29, 0.717) is 26.4 Å². The van der Waals surface area contributed by atoms with Crippen LogP contribution in [0, 0.1) is 13.8 Å². The molecule has 0 radical (unpaired) electrons. The Hall–Kier alpha value is -3.48. The largest absolute Gasteiger partial charge is 0.404 e. The number of ether oxygens (including phenoxy) is 3. The van der Waals surface area contributed by atoms with Gasteiger partial charge in [-0.2, -0.15) is 0 Å². The molecule has 0 spiro atoms. The van der Waals surface area contributed by atoms with Crippen LogP contribution in [0.1, 0.15) is 39.4 Å². The second-order valence-electron chi connectivity index (χ2n) is 10.4. The molecule has 5 heteroatoms. The lowest BCUT2D eigenvalue weighted by Crippen LogP contribution is -2.42. The van der Waals surface area contributed by atoms with Crippen molar-refractivity contribution in [3.63, 3.8) is 0 Å². The summed E-state index contributed by atoms with van der Waals surface area (Å²) in [5.74, 6) is 0.933. The molecule has 1 saturated heterocycles. The molecule has 0 amide bonds. The molecule has 4 atom stereocenters. The first-order chi connectivity index (χ1) is 19.2. The van der Waals surface area contributed by atoms with Crippen LogP contribution >= 0.6 is 0 Å². The molecule has 0 N–H and O–H groups in total. The predicted molar refractivity (Wildman–Crippen MR) is 151 cm³/mol. The van der Waals surface area contributed by atoms with Crippen molar-refractivity contribution < 1.29 is 19.0 Å². The summed E-state index contributed by atoms with van der Waals surface area (Å²) in [5.41, 5.74) is 6.91. The minimum Gasteiger partial charge on any atom is -0.404 e. The van der Waals surface area contributed by atoms with Gasteiger partial charge < -0.3 is 19.0 Å². The van der Waals surface area contributed by atoms with Crippen LogP contribution in [0.5, 0.6) is 5.75 Å². The van der Waals surface area contributed by atoms with E-state index in [2.05, 4.69) is 67.4 Å². The molecule has 4 aromatic rings. The molecule has 0 unspecified atom stereocenters. The highest BCUT2D eigenvalue weighted by Crippen LogP contribution is 2.51. The minimum atomic E-state index is -0.247. The fraction of sp³-hybridized carbons (Fsp3) is 0.294. The summed E-state index contributed by atoms with van der Waals surface area (Å²) < 4.78 is 19.8. The van der Waals surface area contributed by atoms with E-state index in [9.17, 15) is 0 Å². The Morgan fingerprint density at radius 3 is 1.72 bits per heavy atom. The van der Waals surface area contributed by atoms with Gasteiger partial charge in [0.2, 0.25) is 0 Å². The molecular weight excluding hydrogens is 486 g/mol. The van der Waals surface area contributed by atoms with Gasteiger partial charge in [-0.3, -0.25) is 0 Å². The van der Waals surface area contributed by atoms with E-state index in [4.69, 9.17) is 19.0 Å². The van der Waals surface area contributed by atoms with Crippen LogP contribution < -0.4 is 4.84 Å². The summed E-state index contributed by atoms with van der Waals surface area (Å²) in [4.78, 5) is 6.62. The minimum absolute atomic E-state index is 0.0882. The van der Waals surface area contributed by atoms with Crippen molar-refractivity contribution in [3.8, 4) is 5.75 Å². The van der Waals surface area contributed by atoms with Gasteiger partial charge in [-0.1, -0.05) is 103 Å². The van der Waals surface area contributed by atoms with Gasteiger partial charge in [-0.25, -0.2) is 0 Å². The lowest BCUT2D eigenvalue weighted by atomic mass is 9.94. The van der Waals surface area contributed by atoms with E-state index < -0.39 is 0 Å². The molecule has 4 aromatic carbocycles. The van der Waals surface area contributed by atoms with Crippen LogP contribution in [0.25, 0.3) is 0 Å². The van der Waals surface area contributed by atoms with Crippen LogP contribution in [-0.4, -0.2) is 29.9 Å². The summed E-state index contributed by atoms with van der Waals surface area (Å²) in [6, 6.07) is 34.9. The van der Waals surface area contributed by atoms with Crippen molar-refractivity contribution in [3.05, 3.63) is 137 Å². The molecule has 39 heavy (non-hydrogen) atoms. The molecule has 1 fully saturated rings. The Balaban J connectivity index is 1.31. The summed E-state index contributed by atoms with van der Waals surface area (Å²) in [6.45, 7) is 6.23. The van der Waals surface area contributed by atoms with E-state index >= 15 is 0 Å². The Bertz CT molecular complexity index is 1360. The van der Waals surface area contributed by atoms with Crippen LogP contribution in [0.2, 0.25) is 0 Å². The average molecular weight is 522 g/mol. The fourth-order valence-corrected chi connectivity index (χ4v) is 5.68. The smallest absolute Gasteiger partial charge is 0.155 e. The van der Waals surface area contributed by atoms with Crippen molar-refractivity contribution in [1.82, 2.24) is 5.06 Å². The van der Waals surface area contributed by atoms with E-state index in [0.717, 1.165) is 28.0 Å². The average Bonchev–Trinajstić information content (AvgIpc) is 3.50. The van der Waals surface area contributed by atoms with Crippen molar-refractivity contribution in [2.45, 2.75) is 58.0 Å². The van der Waals surface area contributed by atoms with E-state index in [1.54, 1.807) is 0 Å². The third kappa shape index (κ3) is 5.49. The van der Waals surface area contributed by atoms with Crippen molar-refractivity contribution in [2.75, 3.05) is 6.61 Å². The van der Waals surface area contributed by atoms with Crippen molar-refractivity contribution in [1.29, 1.82) is 0 Å². The van der Waals surface area contributed by atoms with Crippen molar-refractivity contribution in [2.24, 2.45) is 0 Å². The SMILES string of the molecule is Cc1ccc(C)c2c1ON1[C@@H](COCc3ccccc3)[C@@H](OCc3ccccc3)[C@@H](OCc3ccccc3)[C@H]21.